The number of rotatable bonds is 1. The van der Waals surface area contributed by atoms with Gasteiger partial charge in [-0.3, -0.25) is 4.79 Å². The van der Waals surface area contributed by atoms with Crippen LogP contribution in [-0.4, -0.2) is 16.6 Å². The van der Waals surface area contributed by atoms with Crippen molar-refractivity contribution in [2.75, 3.05) is 5.73 Å². The van der Waals surface area contributed by atoms with E-state index in [1.165, 1.54) is 6.07 Å². The third kappa shape index (κ3) is 3.55. The molecule has 0 saturated heterocycles. The Bertz CT molecular complexity index is 504. The third-order valence-corrected chi connectivity index (χ3v) is 1.91. The molecule has 2 N–H and O–H groups in total. The van der Waals surface area contributed by atoms with Crippen molar-refractivity contribution < 1.29 is 9.53 Å². The summed E-state index contributed by atoms with van der Waals surface area (Å²) in [5.41, 5.74) is 4.68. The molecule has 5 heteroatoms. The smallest absolute Gasteiger partial charge is 0.340 e. The van der Waals surface area contributed by atoms with Crippen LogP contribution in [0.3, 0.4) is 0 Å². The van der Waals surface area contributed by atoms with Crippen LogP contribution in [0.25, 0.3) is 0 Å². The van der Waals surface area contributed by atoms with E-state index in [1.807, 2.05) is 0 Å². The fourth-order valence-corrected chi connectivity index (χ4v) is 1.18. The summed E-state index contributed by atoms with van der Waals surface area (Å²) in [7, 11) is 0. The normalized spacial score (nSPS) is 11.1. The van der Waals surface area contributed by atoms with Crippen LogP contribution in [0.4, 0.5) is 5.69 Å². The van der Waals surface area contributed by atoms with E-state index in [0.29, 0.717) is 5.69 Å². The van der Waals surface area contributed by atoms with E-state index in [-0.39, 0.29) is 11.3 Å². The maximum atomic E-state index is 11.8. The van der Waals surface area contributed by atoms with Gasteiger partial charge in [0.05, 0.1) is 5.56 Å². The number of carbonyl (C=O) groups is 1. The van der Waals surface area contributed by atoms with Crippen LogP contribution < -0.4 is 11.3 Å². The Balaban J connectivity index is 3.25. The molecule has 0 unspecified atom stereocenters. The number of aromatic nitrogens is 1. The predicted octanol–water partition coefficient (Wildman–Crippen LogP) is 1.29. The fraction of sp³-hybridized carbons (Fsp3) is 0.417. The molecule has 0 radical (unpaired) electrons. The molecule has 1 rings (SSSR count). The highest BCUT2D eigenvalue weighted by Gasteiger charge is 2.20. The second-order valence-electron chi connectivity index (χ2n) is 4.72. The van der Waals surface area contributed by atoms with Crippen molar-refractivity contribution in [1.82, 2.24) is 4.98 Å². The first-order chi connectivity index (χ1) is 7.70. The number of aryl methyl sites for hydroxylation is 1. The lowest BCUT2D eigenvalue weighted by molar-refractivity contribution is 0.00708. The Morgan fingerprint density at radius 1 is 1.35 bits per heavy atom. The summed E-state index contributed by atoms with van der Waals surface area (Å²) in [6, 6.07) is 3.00. The number of hydrogen-bond donors (Lipinski definition) is 1. The van der Waals surface area contributed by atoms with Crippen LogP contribution in [-0.2, 0) is 4.74 Å². The Morgan fingerprint density at radius 3 is 2.47 bits per heavy atom. The van der Waals surface area contributed by atoms with E-state index >= 15 is 0 Å². The molecule has 1 aromatic heterocycles. The highest BCUT2D eigenvalue weighted by molar-refractivity contribution is 5.94. The van der Waals surface area contributed by atoms with Gasteiger partial charge in [-0.2, -0.15) is 0 Å². The highest BCUT2D eigenvalue weighted by Crippen LogP contribution is 2.14. The van der Waals surface area contributed by atoms with Crippen LogP contribution in [0, 0.1) is 6.92 Å². The van der Waals surface area contributed by atoms with Crippen LogP contribution in [0.5, 0.6) is 0 Å². The van der Waals surface area contributed by atoms with E-state index in [9.17, 15) is 9.59 Å². The lowest BCUT2D eigenvalue weighted by atomic mass is 10.2. The zero-order valence-corrected chi connectivity index (χ0v) is 10.4. The summed E-state index contributed by atoms with van der Waals surface area (Å²) in [4.78, 5) is 27.0. The van der Waals surface area contributed by atoms with Crippen molar-refractivity contribution in [1.29, 1.82) is 0 Å². The Hall–Kier alpha value is -1.91. The summed E-state index contributed by atoms with van der Waals surface area (Å²) in [6.07, 6.45) is 0. The number of anilines is 1. The number of nitrogen functional groups attached to an aromatic ring is 1. The van der Waals surface area contributed by atoms with Crippen molar-refractivity contribution >= 4 is 11.7 Å². The van der Waals surface area contributed by atoms with Gasteiger partial charge in [-0.1, -0.05) is 0 Å². The summed E-state index contributed by atoms with van der Waals surface area (Å²) < 4.78 is 5.16. The maximum absolute atomic E-state index is 11.8. The van der Waals surface area contributed by atoms with Crippen LogP contribution >= 0.6 is 0 Å². The quantitative estimate of drug-likeness (QED) is 0.743. The van der Waals surface area contributed by atoms with Crippen LogP contribution in [0.15, 0.2) is 16.9 Å². The van der Waals surface area contributed by atoms with Gasteiger partial charge in [0.2, 0.25) is 0 Å². The molecule has 0 atom stereocenters. The lowest BCUT2D eigenvalue weighted by Gasteiger charge is -2.19. The molecule has 17 heavy (non-hydrogen) atoms. The van der Waals surface area contributed by atoms with Crippen molar-refractivity contribution in [3.05, 3.63) is 33.7 Å². The molecule has 0 aliphatic heterocycles. The zero-order chi connectivity index (χ0) is 13.2. The molecule has 0 fully saturated rings. The van der Waals surface area contributed by atoms with Crippen molar-refractivity contribution in [2.45, 2.75) is 33.3 Å². The van der Waals surface area contributed by atoms with Gasteiger partial charge in [0.25, 0.3) is 5.56 Å². The van der Waals surface area contributed by atoms with Gasteiger partial charge in [0.1, 0.15) is 11.3 Å². The predicted molar refractivity (Wildman–Crippen MR) is 64.8 cm³/mol. The first-order valence-corrected chi connectivity index (χ1v) is 5.21. The third-order valence-electron chi connectivity index (χ3n) is 1.91. The standard InChI is InChI=1S/C12H16N2O3/c1-7-5-6-8(9(13)10(15)14-7)11(16)17-12(2,3)4/h5-6H,1-4H3,(H2,13,14,15). The minimum atomic E-state index is -0.635. The number of ether oxygens (including phenoxy) is 1. The molecule has 1 aromatic rings. The van der Waals surface area contributed by atoms with Gasteiger partial charge in [0.15, 0.2) is 0 Å². The highest BCUT2D eigenvalue weighted by atomic mass is 16.6. The lowest BCUT2D eigenvalue weighted by Crippen LogP contribution is -2.25. The first kappa shape index (κ1) is 13.2. The van der Waals surface area contributed by atoms with Gasteiger partial charge in [-0.25, -0.2) is 9.78 Å². The average Bonchev–Trinajstić information content (AvgIpc) is 2.25. The second-order valence-corrected chi connectivity index (χ2v) is 4.72. The molecule has 0 bridgehead atoms. The maximum Gasteiger partial charge on any atom is 0.340 e. The molecule has 5 nitrogen and oxygen atoms in total. The van der Waals surface area contributed by atoms with Crippen molar-refractivity contribution in [3.8, 4) is 0 Å². The molecule has 0 aromatic carbocycles. The Kier molecular flexibility index (Phi) is 3.50. The van der Waals surface area contributed by atoms with E-state index in [0.717, 1.165) is 0 Å². The van der Waals surface area contributed by atoms with E-state index in [1.54, 1.807) is 33.8 Å². The molecule has 92 valence electrons. The minimum absolute atomic E-state index is 0.0468. The van der Waals surface area contributed by atoms with E-state index in [2.05, 4.69) is 4.98 Å². The molecule has 0 aliphatic carbocycles. The molecule has 0 amide bonds. The van der Waals surface area contributed by atoms with Gasteiger partial charge in [0, 0.05) is 5.69 Å². The van der Waals surface area contributed by atoms with Crippen molar-refractivity contribution in [2.24, 2.45) is 0 Å². The SMILES string of the molecule is Cc1ccc(C(=O)OC(C)(C)C)c(N)c(=O)n1. The van der Waals surface area contributed by atoms with Crippen LogP contribution in [0.1, 0.15) is 36.8 Å². The summed E-state index contributed by atoms with van der Waals surface area (Å²) >= 11 is 0. The number of carbonyl (C=O) groups excluding carboxylic acids is 1. The van der Waals surface area contributed by atoms with Crippen LogP contribution in [0.2, 0.25) is 0 Å². The molecule has 1 heterocycles. The number of esters is 1. The summed E-state index contributed by atoms with van der Waals surface area (Å²) in [6.45, 7) is 6.88. The molecule has 0 aliphatic rings. The topological polar surface area (TPSA) is 82.3 Å². The summed E-state index contributed by atoms with van der Waals surface area (Å²) in [5.74, 6) is -0.621. The zero-order valence-electron chi connectivity index (χ0n) is 10.4. The Morgan fingerprint density at radius 2 is 1.94 bits per heavy atom. The number of nitrogens with two attached hydrogens (primary N) is 1. The monoisotopic (exact) mass is 236 g/mol. The minimum Gasteiger partial charge on any atom is -0.456 e. The fourth-order valence-electron chi connectivity index (χ4n) is 1.18. The van der Waals surface area contributed by atoms with Gasteiger partial charge in [-0.15, -0.1) is 0 Å². The summed E-state index contributed by atoms with van der Waals surface area (Å²) in [5, 5.41) is 0. The molecular weight excluding hydrogens is 220 g/mol. The van der Waals surface area contributed by atoms with E-state index in [4.69, 9.17) is 10.5 Å². The number of hydrogen-bond acceptors (Lipinski definition) is 5. The molecule has 0 spiro atoms. The van der Waals surface area contributed by atoms with Crippen molar-refractivity contribution in [3.63, 3.8) is 0 Å². The van der Waals surface area contributed by atoms with Gasteiger partial charge in [-0.05, 0) is 39.8 Å². The van der Waals surface area contributed by atoms with E-state index < -0.39 is 17.1 Å². The molecular formula is C12H16N2O3. The number of nitrogens with zero attached hydrogens (tertiary/aromatic N) is 1. The Labute approximate surface area is 99.6 Å². The van der Waals surface area contributed by atoms with Gasteiger partial charge >= 0.3 is 5.97 Å². The largest absolute Gasteiger partial charge is 0.456 e. The average molecular weight is 236 g/mol. The first-order valence-electron chi connectivity index (χ1n) is 5.21. The molecule has 0 saturated carbocycles. The second kappa shape index (κ2) is 4.53. The van der Waals surface area contributed by atoms with Gasteiger partial charge < -0.3 is 10.5 Å².